The molecule has 0 bridgehead atoms. The van der Waals surface area contributed by atoms with E-state index in [1.54, 1.807) is 24.3 Å². The summed E-state index contributed by atoms with van der Waals surface area (Å²) in [6.07, 6.45) is 4.64. The highest BCUT2D eigenvalue weighted by molar-refractivity contribution is 6.08. The molecule has 1 fully saturated rings. The third-order valence-corrected chi connectivity index (χ3v) is 6.02. The molecule has 0 saturated heterocycles. The van der Waals surface area contributed by atoms with Crippen LogP contribution in [0.15, 0.2) is 53.4 Å². The summed E-state index contributed by atoms with van der Waals surface area (Å²) >= 11 is 0. The fourth-order valence-corrected chi connectivity index (χ4v) is 4.36. The van der Waals surface area contributed by atoms with Gasteiger partial charge in [-0.15, -0.1) is 10.2 Å². The molecule has 1 saturated carbocycles. The van der Waals surface area contributed by atoms with E-state index in [1.165, 1.54) is 0 Å². The number of hydrogen-bond acceptors (Lipinski definition) is 5. The van der Waals surface area contributed by atoms with Crippen LogP contribution in [-0.2, 0) is 11.3 Å². The molecule has 164 valence electrons. The fraction of sp³-hybridized carbons (Fsp3) is 0.400. The molecule has 32 heavy (non-hydrogen) atoms. The summed E-state index contributed by atoms with van der Waals surface area (Å²) in [6.45, 7) is -0.642. The highest BCUT2D eigenvalue weighted by Crippen LogP contribution is 2.40. The molecule has 2 heterocycles. The quantitative estimate of drug-likeness (QED) is 0.580. The molecule has 2 aromatic carbocycles. The van der Waals surface area contributed by atoms with E-state index >= 15 is 0 Å². The van der Waals surface area contributed by atoms with E-state index in [9.17, 15) is 4.79 Å². The number of benzene rings is 2. The second-order valence-electron chi connectivity index (χ2n) is 8.15. The SMILES string of the molecule is [2H]c1c([2H])c(C([2H])([2H])N2C(=O)C3(CCCC3)N=C2CCCC)c([2H])c([2H])c1-c1ccccc1-c1nn[nH]n1. The first kappa shape index (κ1) is 14.7. The van der Waals surface area contributed by atoms with Gasteiger partial charge in [0.1, 0.15) is 11.4 Å². The van der Waals surface area contributed by atoms with Gasteiger partial charge in [-0.25, -0.2) is 0 Å². The summed E-state index contributed by atoms with van der Waals surface area (Å²) in [5.74, 6) is 0.0693. The fourth-order valence-electron chi connectivity index (χ4n) is 4.36. The Kier molecular flexibility index (Phi) is 3.96. The zero-order valence-electron chi connectivity index (χ0n) is 23.9. The Labute approximate surface area is 196 Å². The average molecular weight is 435 g/mol. The number of nitrogens with one attached hydrogen (secondary N) is 1. The minimum Gasteiger partial charge on any atom is -0.294 e. The van der Waals surface area contributed by atoms with Gasteiger partial charge in [-0.3, -0.25) is 14.7 Å². The van der Waals surface area contributed by atoms with Gasteiger partial charge >= 0.3 is 0 Å². The Bertz CT molecular complexity index is 1390. The monoisotopic (exact) mass is 434 g/mol. The van der Waals surface area contributed by atoms with Gasteiger partial charge in [0.15, 0.2) is 0 Å². The smallest absolute Gasteiger partial charge is 0.256 e. The van der Waals surface area contributed by atoms with Crippen molar-refractivity contribution in [3.05, 3.63) is 54.0 Å². The van der Waals surface area contributed by atoms with Gasteiger partial charge in [0.2, 0.25) is 5.82 Å². The molecule has 0 unspecified atom stereocenters. The van der Waals surface area contributed by atoms with Crippen molar-refractivity contribution in [1.29, 1.82) is 0 Å². The van der Waals surface area contributed by atoms with Crippen molar-refractivity contribution in [2.24, 2.45) is 4.99 Å². The van der Waals surface area contributed by atoms with Gasteiger partial charge in [0.05, 0.1) is 14.7 Å². The Balaban J connectivity index is 1.66. The summed E-state index contributed by atoms with van der Waals surface area (Å²) < 4.78 is 53.3. The summed E-state index contributed by atoms with van der Waals surface area (Å²) in [6, 6.07) is 4.79. The maximum absolute atomic E-state index is 13.7. The number of hydrogen-bond donors (Lipinski definition) is 1. The highest BCUT2D eigenvalue weighted by atomic mass is 16.2. The maximum atomic E-state index is 13.7. The second kappa shape index (κ2) is 8.65. The lowest BCUT2D eigenvalue weighted by atomic mass is 9.97. The van der Waals surface area contributed by atoms with E-state index in [-0.39, 0.29) is 11.4 Å². The van der Waals surface area contributed by atoms with Crippen LogP contribution >= 0.6 is 0 Å². The summed E-state index contributed by atoms with van der Waals surface area (Å²) in [5, 5.41) is 13.9. The van der Waals surface area contributed by atoms with Crippen LogP contribution in [0.4, 0.5) is 0 Å². The number of unbranched alkanes of at least 4 members (excludes halogenated alkanes) is 1. The molecule has 5 rings (SSSR count). The molecule has 0 atom stereocenters. The molecule has 7 heteroatoms. The molecule has 1 amide bonds. The minimum absolute atomic E-state index is 0.0140. The first-order chi connectivity index (χ1) is 18.1. The van der Waals surface area contributed by atoms with Gasteiger partial charge < -0.3 is 0 Å². The van der Waals surface area contributed by atoms with Crippen LogP contribution in [-0.4, -0.2) is 42.8 Å². The lowest BCUT2D eigenvalue weighted by molar-refractivity contribution is -0.131. The van der Waals surface area contributed by atoms with E-state index in [0.29, 0.717) is 42.6 Å². The number of H-pyrrole nitrogens is 1. The molecular weight excluding hydrogens is 400 g/mol. The number of amidine groups is 1. The number of amides is 1. The van der Waals surface area contributed by atoms with Crippen LogP contribution in [0.2, 0.25) is 0 Å². The predicted octanol–water partition coefficient (Wildman–Crippen LogP) is 4.78. The van der Waals surface area contributed by atoms with Crippen LogP contribution < -0.4 is 0 Å². The molecule has 2 aliphatic rings. The number of aliphatic imine (C=N–C) groups is 1. The standard InChI is InChI=1S/C25H28N6O/c1-2-3-10-22-26-25(15-6-7-16-25)24(32)31(22)17-18-11-13-19(14-12-18)20-8-4-5-9-21(20)23-27-29-30-28-23/h4-5,8-9,11-14H,2-3,6-7,10,15-17H2,1H3,(H,27,28,29,30)/i11D,12D,13D,14D,17D2. The third-order valence-electron chi connectivity index (χ3n) is 6.02. The van der Waals surface area contributed by atoms with Crippen LogP contribution in [0, 0.1) is 0 Å². The van der Waals surface area contributed by atoms with Crippen molar-refractivity contribution >= 4 is 11.7 Å². The molecule has 0 radical (unpaired) electrons. The zero-order valence-corrected chi connectivity index (χ0v) is 17.9. The summed E-state index contributed by atoms with van der Waals surface area (Å²) in [5.41, 5.74) is -0.700. The number of nitrogens with zero attached hydrogens (tertiary/aromatic N) is 5. The summed E-state index contributed by atoms with van der Waals surface area (Å²) in [4.78, 5) is 19.5. The lowest BCUT2D eigenvalue weighted by Gasteiger charge is -2.23. The molecule has 1 N–H and O–H groups in total. The van der Waals surface area contributed by atoms with Crippen LogP contribution in [0.1, 0.15) is 65.7 Å². The Morgan fingerprint density at radius 3 is 2.59 bits per heavy atom. The van der Waals surface area contributed by atoms with Crippen molar-refractivity contribution in [1.82, 2.24) is 25.5 Å². The normalized spacial score (nSPS) is 20.5. The van der Waals surface area contributed by atoms with Crippen molar-refractivity contribution < 1.29 is 13.0 Å². The van der Waals surface area contributed by atoms with E-state index in [2.05, 4.69) is 20.6 Å². The van der Waals surface area contributed by atoms with Gasteiger partial charge in [0, 0.05) is 12.0 Å². The van der Waals surface area contributed by atoms with Crippen molar-refractivity contribution in [2.45, 2.75) is 63.9 Å². The van der Waals surface area contributed by atoms with Crippen molar-refractivity contribution in [2.75, 3.05) is 0 Å². The van der Waals surface area contributed by atoms with Gasteiger partial charge in [-0.2, -0.15) is 5.21 Å². The van der Waals surface area contributed by atoms with Crippen LogP contribution in [0.5, 0.6) is 0 Å². The average Bonchev–Trinajstić information content (AvgIpc) is 3.64. The Morgan fingerprint density at radius 1 is 1.16 bits per heavy atom. The molecule has 1 aromatic heterocycles. The molecule has 1 aliphatic heterocycles. The third kappa shape index (κ3) is 3.72. The summed E-state index contributed by atoms with van der Waals surface area (Å²) in [7, 11) is 0. The zero-order chi connectivity index (χ0) is 27.2. The van der Waals surface area contributed by atoms with Crippen molar-refractivity contribution in [3.8, 4) is 22.5 Å². The topological polar surface area (TPSA) is 87.1 Å². The van der Waals surface area contributed by atoms with Crippen LogP contribution in [0.25, 0.3) is 22.5 Å². The number of aromatic amines is 1. The van der Waals surface area contributed by atoms with Gasteiger partial charge in [-0.05, 0) is 41.2 Å². The maximum Gasteiger partial charge on any atom is 0.256 e. The minimum atomic E-state index is -2.64. The Morgan fingerprint density at radius 2 is 1.91 bits per heavy atom. The number of carbonyl (C=O) groups excluding carboxylic acids is 1. The molecule has 1 aliphatic carbocycles. The van der Waals surface area contributed by atoms with Crippen LogP contribution in [0.3, 0.4) is 0 Å². The number of rotatable bonds is 7. The number of aromatic nitrogens is 4. The molecule has 7 nitrogen and oxygen atoms in total. The van der Waals surface area contributed by atoms with E-state index in [0.717, 1.165) is 24.2 Å². The van der Waals surface area contributed by atoms with E-state index in [4.69, 9.17) is 13.2 Å². The highest BCUT2D eigenvalue weighted by Gasteiger charge is 2.49. The number of tetrazole rings is 1. The van der Waals surface area contributed by atoms with E-state index < -0.39 is 47.7 Å². The van der Waals surface area contributed by atoms with E-state index in [1.807, 2.05) is 6.92 Å². The largest absolute Gasteiger partial charge is 0.294 e. The van der Waals surface area contributed by atoms with Gasteiger partial charge in [0.25, 0.3) is 5.91 Å². The molecule has 1 spiro atoms. The number of carbonyl (C=O) groups is 1. The first-order valence-corrected chi connectivity index (χ1v) is 11.0. The lowest BCUT2D eigenvalue weighted by Crippen LogP contribution is -2.40. The second-order valence-corrected chi connectivity index (χ2v) is 8.15. The first-order valence-electron chi connectivity index (χ1n) is 14.0. The van der Waals surface area contributed by atoms with Crippen molar-refractivity contribution in [3.63, 3.8) is 0 Å². The molecular formula is C25H28N6O. The Hall–Kier alpha value is -3.35. The van der Waals surface area contributed by atoms with Gasteiger partial charge in [-0.1, -0.05) is 74.6 Å². The molecule has 3 aromatic rings. The predicted molar refractivity (Wildman–Crippen MR) is 124 cm³/mol.